The van der Waals surface area contributed by atoms with Crippen molar-refractivity contribution in [3.05, 3.63) is 193 Å². The number of hydrogen-bond acceptors (Lipinski definition) is 1. The van der Waals surface area contributed by atoms with Gasteiger partial charge in [0.1, 0.15) is 0 Å². The van der Waals surface area contributed by atoms with Crippen LogP contribution in [-0.4, -0.2) is 7.05 Å². The van der Waals surface area contributed by atoms with Crippen molar-refractivity contribution in [2.45, 2.75) is 20.8 Å². The first kappa shape index (κ1) is 31.0. The minimum absolute atomic E-state index is 1.18. The Morgan fingerprint density at radius 3 is 1.62 bits per heavy atom. The average Bonchev–Trinajstić information content (AvgIpc) is 3.10. The minimum Gasteiger partial charge on any atom is -0.344 e. The van der Waals surface area contributed by atoms with E-state index in [9.17, 15) is 0 Å². The monoisotopic (exact) mass is 583 g/mol. The number of para-hydroxylation sites is 2. The van der Waals surface area contributed by atoms with Crippen LogP contribution in [0.1, 0.15) is 16.7 Å². The van der Waals surface area contributed by atoms with Crippen LogP contribution in [0.3, 0.4) is 0 Å². The van der Waals surface area contributed by atoms with Crippen molar-refractivity contribution in [1.29, 1.82) is 0 Å². The van der Waals surface area contributed by atoms with Gasteiger partial charge in [-0.15, -0.1) is 0 Å². The summed E-state index contributed by atoms with van der Waals surface area (Å²) in [6.07, 6.45) is 0. The number of benzene rings is 7. The molecule has 0 atom stereocenters. The van der Waals surface area contributed by atoms with Gasteiger partial charge in [0.25, 0.3) is 0 Å². The average molecular weight is 584 g/mol. The summed E-state index contributed by atoms with van der Waals surface area (Å²) in [7, 11) is 2.12. The second kappa shape index (κ2) is 15.4. The number of rotatable bonds is 4. The van der Waals surface area contributed by atoms with Gasteiger partial charge in [-0.2, -0.15) is 0 Å². The Hall–Kier alpha value is -5.40. The van der Waals surface area contributed by atoms with Gasteiger partial charge in [-0.3, -0.25) is 0 Å². The molecule has 0 fully saturated rings. The molecule has 7 aromatic rings. The molecule has 1 nitrogen and oxygen atoms in total. The molecule has 0 aliphatic rings. The fourth-order valence-corrected chi connectivity index (χ4v) is 5.39. The van der Waals surface area contributed by atoms with Gasteiger partial charge in [-0.05, 0) is 72.0 Å². The fraction of sp³-hybridized carbons (Fsp3) is 0.0909. The van der Waals surface area contributed by atoms with Gasteiger partial charge in [0.05, 0.1) is 0 Å². The summed E-state index contributed by atoms with van der Waals surface area (Å²) in [4.78, 5) is 2.24. The van der Waals surface area contributed by atoms with Crippen molar-refractivity contribution in [2.24, 2.45) is 0 Å². The van der Waals surface area contributed by atoms with Crippen molar-refractivity contribution in [1.82, 2.24) is 0 Å². The minimum atomic E-state index is 1.18. The molecule has 0 aliphatic heterocycles. The van der Waals surface area contributed by atoms with E-state index in [0.29, 0.717) is 0 Å². The molecular formula is C44H41N. The first-order valence-electron chi connectivity index (χ1n) is 15.5. The van der Waals surface area contributed by atoms with Gasteiger partial charge >= 0.3 is 0 Å². The molecule has 222 valence electrons. The highest BCUT2D eigenvalue weighted by molar-refractivity contribution is 5.85. The van der Waals surface area contributed by atoms with Crippen LogP contribution in [0.25, 0.3) is 33.0 Å². The lowest BCUT2D eigenvalue weighted by Gasteiger charge is -2.23. The lowest BCUT2D eigenvalue weighted by atomic mass is 9.98. The largest absolute Gasteiger partial charge is 0.344 e. The van der Waals surface area contributed by atoms with Gasteiger partial charge in [0.15, 0.2) is 0 Å². The number of fused-ring (bicyclic) bond motifs is 1. The summed E-state index contributed by atoms with van der Waals surface area (Å²) < 4.78 is 0. The van der Waals surface area contributed by atoms with E-state index in [2.05, 4.69) is 184 Å². The number of nitrogens with zero attached hydrogens (tertiary/aromatic N) is 1. The molecule has 45 heavy (non-hydrogen) atoms. The van der Waals surface area contributed by atoms with E-state index >= 15 is 0 Å². The third-order valence-corrected chi connectivity index (χ3v) is 7.90. The number of hydrogen-bond donors (Lipinski definition) is 0. The van der Waals surface area contributed by atoms with E-state index in [1.165, 1.54) is 61.1 Å². The van der Waals surface area contributed by atoms with Crippen molar-refractivity contribution in [3.8, 4) is 22.3 Å². The second-order valence-corrected chi connectivity index (χ2v) is 11.3. The van der Waals surface area contributed by atoms with Crippen LogP contribution >= 0.6 is 0 Å². The Balaban J connectivity index is 0.000000180. The highest BCUT2D eigenvalue weighted by Crippen LogP contribution is 2.35. The second-order valence-electron chi connectivity index (χ2n) is 11.3. The molecular weight excluding hydrogens is 542 g/mol. The zero-order valence-corrected chi connectivity index (χ0v) is 26.7. The molecule has 0 amide bonds. The van der Waals surface area contributed by atoms with Crippen molar-refractivity contribution in [3.63, 3.8) is 0 Å². The highest BCUT2D eigenvalue weighted by Gasteiger charge is 2.10. The normalized spacial score (nSPS) is 10.2. The van der Waals surface area contributed by atoms with E-state index in [4.69, 9.17) is 0 Å². The predicted octanol–water partition coefficient (Wildman–Crippen LogP) is 12.2. The summed E-state index contributed by atoms with van der Waals surface area (Å²) in [5.74, 6) is 0. The molecule has 0 saturated heterocycles. The molecule has 0 saturated carbocycles. The Bertz CT molecular complexity index is 1920. The summed E-state index contributed by atoms with van der Waals surface area (Å²) in [5, 5.41) is 2.68. The van der Waals surface area contributed by atoms with Gasteiger partial charge in [-0.25, -0.2) is 0 Å². The first-order valence-corrected chi connectivity index (χ1v) is 15.5. The summed E-state index contributed by atoms with van der Waals surface area (Å²) in [6, 6.07) is 61.6. The number of anilines is 2. The van der Waals surface area contributed by atoms with E-state index in [1.807, 2.05) is 24.3 Å². The Kier molecular flexibility index (Phi) is 10.6. The first-order chi connectivity index (χ1) is 22.0. The zero-order valence-electron chi connectivity index (χ0n) is 26.7. The molecule has 0 aliphatic carbocycles. The van der Waals surface area contributed by atoms with Crippen molar-refractivity contribution < 1.29 is 0 Å². The van der Waals surface area contributed by atoms with E-state index in [0.717, 1.165) is 0 Å². The number of aryl methyl sites for hydroxylation is 3. The van der Waals surface area contributed by atoms with E-state index in [1.54, 1.807) is 0 Å². The smallest absolute Gasteiger partial charge is 0.0487 e. The maximum atomic E-state index is 2.24. The van der Waals surface area contributed by atoms with Gasteiger partial charge in [0, 0.05) is 24.0 Å². The third kappa shape index (κ3) is 8.37. The molecule has 0 bridgehead atoms. The standard InChI is InChI=1S/C26H23N.C11H10.C7H8/c1-20-9-8-10-23(19-20)21-15-17-22(18-16-21)25-13-6-7-14-26(25)27(2)24-11-4-3-5-12-24;1-9-5-4-7-10-6-2-3-8-11(9)10;1-7-5-3-2-4-6-7/h3-19H,1-2H3;2-8H,1H3;2-6H,1H3. The van der Waals surface area contributed by atoms with Gasteiger partial charge in [0.2, 0.25) is 0 Å². The van der Waals surface area contributed by atoms with Crippen molar-refractivity contribution >= 4 is 22.1 Å². The molecule has 0 heterocycles. The third-order valence-electron chi connectivity index (χ3n) is 7.90. The van der Waals surface area contributed by atoms with Crippen LogP contribution in [0.5, 0.6) is 0 Å². The molecule has 0 unspecified atom stereocenters. The maximum absolute atomic E-state index is 2.24. The van der Waals surface area contributed by atoms with Gasteiger partial charge in [-0.1, -0.05) is 169 Å². The lowest BCUT2D eigenvalue weighted by molar-refractivity contribution is 1.21. The van der Waals surface area contributed by atoms with E-state index in [-0.39, 0.29) is 0 Å². The van der Waals surface area contributed by atoms with Crippen LogP contribution in [0, 0.1) is 20.8 Å². The van der Waals surface area contributed by atoms with Crippen LogP contribution in [0.2, 0.25) is 0 Å². The topological polar surface area (TPSA) is 3.24 Å². The highest BCUT2D eigenvalue weighted by atomic mass is 15.1. The predicted molar refractivity (Wildman–Crippen MR) is 196 cm³/mol. The lowest BCUT2D eigenvalue weighted by Crippen LogP contribution is -2.10. The summed E-state index contributed by atoms with van der Waals surface area (Å²) in [5.41, 5.74) is 11.3. The van der Waals surface area contributed by atoms with E-state index < -0.39 is 0 Å². The van der Waals surface area contributed by atoms with Gasteiger partial charge < -0.3 is 4.90 Å². The van der Waals surface area contributed by atoms with Crippen LogP contribution in [0.15, 0.2) is 176 Å². The maximum Gasteiger partial charge on any atom is 0.0487 e. The molecule has 7 aromatic carbocycles. The molecule has 0 aromatic heterocycles. The summed E-state index contributed by atoms with van der Waals surface area (Å²) in [6.45, 7) is 6.36. The van der Waals surface area contributed by atoms with Crippen molar-refractivity contribution in [2.75, 3.05) is 11.9 Å². The SMILES string of the molecule is Cc1cccc(-c2ccc(-c3ccccc3N(C)c3ccccc3)cc2)c1.Cc1cccc2ccccc12.Cc1ccccc1. The molecule has 7 rings (SSSR count). The molecule has 0 spiro atoms. The fourth-order valence-electron chi connectivity index (χ4n) is 5.39. The Morgan fingerprint density at radius 2 is 0.956 bits per heavy atom. The molecule has 0 radical (unpaired) electrons. The van der Waals surface area contributed by atoms with Crippen LogP contribution in [-0.2, 0) is 0 Å². The zero-order chi connectivity index (χ0) is 31.4. The Labute approximate surface area is 269 Å². The van der Waals surface area contributed by atoms with Crippen LogP contribution < -0.4 is 4.90 Å². The van der Waals surface area contributed by atoms with Crippen LogP contribution in [0.4, 0.5) is 11.4 Å². The molecule has 0 N–H and O–H groups in total. The summed E-state index contributed by atoms with van der Waals surface area (Å²) >= 11 is 0. The quantitative estimate of drug-likeness (QED) is 0.199. The Morgan fingerprint density at radius 1 is 0.400 bits per heavy atom. The molecule has 1 heteroatoms.